The first kappa shape index (κ1) is 33.4. The summed E-state index contributed by atoms with van der Waals surface area (Å²) >= 11 is 0. The number of carbonyl (C=O) groups excluding carboxylic acids is 2. The molecule has 1 fully saturated rings. The molecule has 1 aliphatic carbocycles. The fraction of sp³-hybridized carbons (Fsp3) is 0.667. The summed E-state index contributed by atoms with van der Waals surface area (Å²) in [6, 6.07) is 2.53. The molecule has 40 heavy (non-hydrogen) atoms. The van der Waals surface area contributed by atoms with E-state index in [0.29, 0.717) is 25.7 Å². The van der Waals surface area contributed by atoms with Crippen molar-refractivity contribution in [3.63, 3.8) is 0 Å². The van der Waals surface area contributed by atoms with Crippen LogP contribution in [0.2, 0.25) is 0 Å². The van der Waals surface area contributed by atoms with Crippen molar-refractivity contribution in [1.82, 2.24) is 10.6 Å². The number of alkyl carbamates (subject to hydrolysis) is 1. The summed E-state index contributed by atoms with van der Waals surface area (Å²) in [4.78, 5) is 25.7. The van der Waals surface area contributed by atoms with Gasteiger partial charge in [-0.05, 0) is 49.8 Å². The average molecular weight is 587 g/mol. The second-order valence-electron chi connectivity index (χ2n) is 10.1. The molecule has 0 heterocycles. The van der Waals surface area contributed by atoms with Gasteiger partial charge < -0.3 is 25.8 Å². The average Bonchev–Trinajstić information content (AvgIpc) is 3.70. The topological polar surface area (TPSA) is 161 Å². The lowest BCUT2D eigenvalue weighted by atomic mass is 10.0. The zero-order valence-corrected chi connectivity index (χ0v) is 23.9. The van der Waals surface area contributed by atoms with E-state index in [1.54, 1.807) is 0 Å². The van der Waals surface area contributed by atoms with E-state index in [0.717, 1.165) is 31.0 Å². The molecule has 1 saturated carbocycles. The van der Waals surface area contributed by atoms with Crippen molar-refractivity contribution < 1.29 is 36.3 Å². The largest absolute Gasteiger partial charge is 0.458 e. The van der Waals surface area contributed by atoms with E-state index in [2.05, 4.69) is 10.6 Å². The monoisotopic (exact) mass is 586 g/mol. The molecule has 3 atom stereocenters. The third-order valence-electron chi connectivity index (χ3n) is 6.48. The Morgan fingerprint density at radius 1 is 1.15 bits per heavy atom. The molecule has 224 valence electrons. The van der Waals surface area contributed by atoms with E-state index in [4.69, 9.17) is 20.5 Å². The van der Waals surface area contributed by atoms with Gasteiger partial charge in [0.15, 0.2) is 9.84 Å². The van der Waals surface area contributed by atoms with Gasteiger partial charge >= 0.3 is 12.1 Å². The fourth-order valence-electron chi connectivity index (χ4n) is 4.27. The number of benzene rings is 1. The minimum Gasteiger partial charge on any atom is -0.458 e. The van der Waals surface area contributed by atoms with Crippen molar-refractivity contribution in [2.24, 2.45) is 5.73 Å². The highest BCUT2D eigenvalue weighted by Gasteiger charge is 2.36. The Balaban J connectivity index is 2.24. The summed E-state index contributed by atoms with van der Waals surface area (Å²) in [5.74, 6) is -3.29. The molecule has 1 aliphatic rings. The van der Waals surface area contributed by atoms with E-state index in [1.165, 1.54) is 0 Å². The number of nitrogens with two attached hydrogens (primary N) is 1. The molecule has 1 aromatic carbocycles. The number of hydrogen-bond donors (Lipinski definition) is 3. The molecule has 0 radical (unpaired) electrons. The molecule has 0 aliphatic heterocycles. The molecular formula is C27H40F2N4O6S. The van der Waals surface area contributed by atoms with Crippen LogP contribution in [-0.4, -0.2) is 68.9 Å². The minimum atomic E-state index is -3.85. The lowest BCUT2D eigenvalue weighted by molar-refractivity contribution is -0.151. The summed E-state index contributed by atoms with van der Waals surface area (Å²) in [5, 5.41) is 13.4. The van der Waals surface area contributed by atoms with Crippen LogP contribution >= 0.6 is 0 Å². The first-order valence-electron chi connectivity index (χ1n) is 13.6. The number of ether oxygens (including phenoxy) is 2. The van der Waals surface area contributed by atoms with Gasteiger partial charge in [0.25, 0.3) is 0 Å². The first-order valence-corrected chi connectivity index (χ1v) is 15.4. The van der Waals surface area contributed by atoms with E-state index in [-0.39, 0.29) is 37.6 Å². The second-order valence-corrected chi connectivity index (χ2v) is 12.4. The summed E-state index contributed by atoms with van der Waals surface area (Å²) in [7, 11) is -3.85. The smallest absolute Gasteiger partial charge is 0.407 e. The molecule has 1 aromatic rings. The number of esters is 1. The van der Waals surface area contributed by atoms with Crippen LogP contribution in [-0.2, 0) is 30.5 Å². The summed E-state index contributed by atoms with van der Waals surface area (Å²) in [6.45, 7) is 3.60. The van der Waals surface area contributed by atoms with Gasteiger partial charge in [0.05, 0.1) is 23.5 Å². The summed E-state index contributed by atoms with van der Waals surface area (Å²) < 4.78 is 64.5. The SMILES string of the molecule is CCCC(CCC)S(=O)(=O)C[C@@H](NC(=O)OCCC#N)C(=O)O[C@H](CNC1CC1)[C@@H](N)Cc1cc(F)cc(F)c1. The third-order valence-corrected chi connectivity index (χ3v) is 8.76. The molecule has 13 heteroatoms. The number of amides is 1. The Morgan fingerprint density at radius 3 is 2.33 bits per heavy atom. The first-order chi connectivity index (χ1) is 19.0. The van der Waals surface area contributed by atoms with E-state index in [1.807, 2.05) is 19.9 Å². The normalized spacial score (nSPS) is 15.6. The van der Waals surface area contributed by atoms with Crippen molar-refractivity contribution in [2.45, 2.75) is 94.7 Å². The number of nitriles is 1. The Morgan fingerprint density at radius 2 is 1.77 bits per heavy atom. The lowest BCUT2D eigenvalue weighted by Crippen LogP contribution is -2.52. The molecular weight excluding hydrogens is 546 g/mol. The van der Waals surface area contributed by atoms with Crippen molar-refractivity contribution in [3.05, 3.63) is 35.4 Å². The van der Waals surface area contributed by atoms with Crippen molar-refractivity contribution in [3.8, 4) is 6.07 Å². The number of rotatable bonds is 18. The molecule has 1 amide bonds. The van der Waals surface area contributed by atoms with Crippen LogP contribution in [0.25, 0.3) is 0 Å². The van der Waals surface area contributed by atoms with Crippen LogP contribution in [0.15, 0.2) is 18.2 Å². The second kappa shape index (κ2) is 16.4. The quantitative estimate of drug-likeness (QED) is 0.174. The van der Waals surface area contributed by atoms with Crippen molar-refractivity contribution >= 4 is 21.9 Å². The highest BCUT2D eigenvalue weighted by molar-refractivity contribution is 7.92. The summed E-state index contributed by atoms with van der Waals surface area (Å²) in [6.07, 6.45) is 1.71. The maximum absolute atomic E-state index is 13.7. The van der Waals surface area contributed by atoms with Gasteiger partial charge in [-0.15, -0.1) is 0 Å². The molecule has 0 unspecified atom stereocenters. The Labute approximate surface area is 234 Å². The molecule has 0 saturated heterocycles. The van der Waals surface area contributed by atoms with Crippen LogP contribution < -0.4 is 16.4 Å². The molecule has 0 bridgehead atoms. The highest BCUT2D eigenvalue weighted by atomic mass is 32.2. The van der Waals surface area contributed by atoms with Gasteiger partial charge in [0, 0.05) is 24.7 Å². The van der Waals surface area contributed by atoms with E-state index >= 15 is 0 Å². The molecule has 4 N–H and O–H groups in total. The predicted molar refractivity (Wildman–Crippen MR) is 145 cm³/mol. The molecule has 2 rings (SSSR count). The summed E-state index contributed by atoms with van der Waals surface area (Å²) in [5.41, 5.74) is 6.58. The van der Waals surface area contributed by atoms with Gasteiger partial charge in [-0.3, -0.25) is 0 Å². The standard InChI is InChI=1S/C27H40F2N4O6S/c1-3-6-22(7-4-2)40(36,37)17-24(33-27(35)38-11-5-10-30)26(34)39-25(16-32-21-8-9-21)23(31)14-18-12-19(28)15-20(29)13-18/h12-13,15,21-25,32H,3-9,11,14,16-17,31H2,1-2H3,(H,33,35)/t23-,24+,25+/m0/s1. The minimum absolute atomic E-state index is 0.0271. The molecule has 10 nitrogen and oxygen atoms in total. The lowest BCUT2D eigenvalue weighted by Gasteiger charge is -2.28. The fourth-order valence-corrected chi connectivity index (χ4v) is 6.42. The van der Waals surface area contributed by atoms with Crippen LogP contribution in [0.4, 0.5) is 13.6 Å². The number of hydrogen-bond acceptors (Lipinski definition) is 9. The Bertz CT molecular complexity index is 1100. The van der Waals surface area contributed by atoms with Crippen LogP contribution in [0, 0.1) is 23.0 Å². The van der Waals surface area contributed by atoms with E-state index < -0.39 is 62.7 Å². The molecule has 0 aromatic heterocycles. The van der Waals surface area contributed by atoms with Gasteiger partial charge in [-0.25, -0.2) is 26.8 Å². The maximum Gasteiger partial charge on any atom is 0.407 e. The maximum atomic E-state index is 13.7. The zero-order chi connectivity index (χ0) is 29.7. The number of nitrogens with one attached hydrogen (secondary N) is 2. The zero-order valence-electron chi connectivity index (χ0n) is 23.0. The van der Waals surface area contributed by atoms with Crippen LogP contribution in [0.5, 0.6) is 0 Å². The number of halogens is 2. The van der Waals surface area contributed by atoms with Crippen molar-refractivity contribution in [1.29, 1.82) is 5.26 Å². The molecule has 0 spiro atoms. The van der Waals surface area contributed by atoms with Gasteiger partial charge in [-0.1, -0.05) is 26.7 Å². The van der Waals surface area contributed by atoms with Crippen LogP contribution in [0.1, 0.15) is 64.4 Å². The van der Waals surface area contributed by atoms with Crippen LogP contribution in [0.3, 0.4) is 0 Å². The van der Waals surface area contributed by atoms with E-state index in [9.17, 15) is 26.8 Å². The number of sulfone groups is 1. The van der Waals surface area contributed by atoms with Gasteiger partial charge in [0.1, 0.15) is 30.4 Å². The van der Waals surface area contributed by atoms with Gasteiger partial charge in [-0.2, -0.15) is 5.26 Å². The van der Waals surface area contributed by atoms with Gasteiger partial charge in [0.2, 0.25) is 0 Å². The third kappa shape index (κ3) is 11.7. The highest BCUT2D eigenvalue weighted by Crippen LogP contribution is 2.20. The van der Waals surface area contributed by atoms with Crippen molar-refractivity contribution in [2.75, 3.05) is 18.9 Å². The predicted octanol–water partition coefficient (Wildman–Crippen LogP) is 2.89. The number of nitrogens with zero attached hydrogens (tertiary/aromatic N) is 1. The Hall–Kier alpha value is -2.82. The Kier molecular flexibility index (Phi) is 13.7. The number of carbonyl (C=O) groups is 2.